The van der Waals surface area contributed by atoms with Gasteiger partial charge in [0.25, 0.3) is 0 Å². The zero-order chi connectivity index (χ0) is 41.9. The molecule has 0 saturated heterocycles. The van der Waals surface area contributed by atoms with E-state index >= 15 is 0 Å². The molecule has 8 rings (SSSR count). The predicted octanol–water partition coefficient (Wildman–Crippen LogP) is 11.9. The van der Waals surface area contributed by atoms with Gasteiger partial charge in [0.1, 0.15) is 18.2 Å². The molecule has 4 aromatic rings. The van der Waals surface area contributed by atoms with Crippen LogP contribution < -0.4 is 4.90 Å². The van der Waals surface area contributed by atoms with E-state index in [0.717, 1.165) is 74.4 Å². The second kappa shape index (κ2) is 15.1. The summed E-state index contributed by atoms with van der Waals surface area (Å²) < 4.78 is 2.41. The first-order valence-electron chi connectivity index (χ1n) is 21.7. The van der Waals surface area contributed by atoms with Gasteiger partial charge in [0.2, 0.25) is 5.69 Å². The highest BCUT2D eigenvalue weighted by atomic mass is 16.1. The van der Waals surface area contributed by atoms with Crippen LogP contribution in [0.4, 0.5) is 11.4 Å². The average molecular weight is 778 g/mol. The van der Waals surface area contributed by atoms with Crippen LogP contribution in [-0.4, -0.2) is 35.0 Å². The standard InChI is InChI=1S/C54H57N4O/c1-9-12-27-57-46-20-15-13-18-42(46)52(4,5)48(57)31-40-50(37(33-55)34-56)41(51(40)59)32-49-53(6,7)43-19-14-16-21-47(43)58(49)28-17-26-54(8)44-29-35(10-2)22-24-38(44)39-25-23-36(11-3)30-45(39)54/h13-16,18-25,29-32,55H,9-12,17,26-28H2,1-8H3/q+1. The smallest absolute Gasteiger partial charge is 0.209 e. The summed E-state index contributed by atoms with van der Waals surface area (Å²) in [5.74, 6) is 2.31. The molecule has 4 aliphatic rings. The number of nitrogens with one attached hydrogen (secondary N) is 1. The number of anilines is 1. The maximum atomic E-state index is 14.6. The van der Waals surface area contributed by atoms with Crippen LogP contribution >= 0.6 is 0 Å². The number of aryl methyl sites for hydroxylation is 2. The number of benzene rings is 4. The Hall–Kier alpha value is -5.82. The zero-order valence-corrected chi connectivity index (χ0v) is 36.1. The summed E-state index contributed by atoms with van der Waals surface area (Å²) in [5, 5.41) is 18.6. The second-order valence-electron chi connectivity index (χ2n) is 18.0. The van der Waals surface area contributed by atoms with Gasteiger partial charge in [-0.3, -0.25) is 10.2 Å². The van der Waals surface area contributed by atoms with E-state index in [4.69, 9.17) is 5.41 Å². The largest absolute Gasteiger partial charge is 0.344 e. The number of unbranched alkanes of at least 4 members (excludes halogenated alkanes) is 1. The fourth-order valence-corrected chi connectivity index (χ4v) is 10.4. The van der Waals surface area contributed by atoms with Gasteiger partial charge in [-0.1, -0.05) is 121 Å². The SMILES string of the molecule is CCCCN1/C(=C/C2=C(C(=C=N)C#N)C(=C/C3=[N+](CCCC4(C)c5cc(CC)ccc5-c5ccc(CC)cc54)c4ccccc4C3(C)C)/C2=O)C(C)(C)c2ccccc21. The van der Waals surface area contributed by atoms with Crippen molar-refractivity contribution in [1.82, 2.24) is 0 Å². The monoisotopic (exact) mass is 777 g/mol. The maximum Gasteiger partial charge on any atom is 0.209 e. The molecule has 1 N–H and O–H groups in total. The molecule has 4 aromatic carbocycles. The first-order valence-corrected chi connectivity index (χ1v) is 21.7. The number of rotatable bonds is 12. The molecule has 0 atom stereocenters. The number of fused-ring (bicyclic) bond motifs is 5. The molecule has 0 radical (unpaired) electrons. The van der Waals surface area contributed by atoms with Crippen molar-refractivity contribution in [2.24, 2.45) is 0 Å². The number of para-hydroxylation sites is 2. The van der Waals surface area contributed by atoms with Crippen LogP contribution in [0.3, 0.4) is 0 Å². The summed E-state index contributed by atoms with van der Waals surface area (Å²) >= 11 is 0. The minimum Gasteiger partial charge on any atom is -0.344 e. The normalized spacial score (nSPS) is 19.0. The van der Waals surface area contributed by atoms with Crippen LogP contribution in [0.15, 0.2) is 125 Å². The quantitative estimate of drug-likeness (QED) is 0.0674. The number of allylic oxidation sites excluding steroid dienone is 7. The molecule has 0 fully saturated rings. The number of hydrogen-bond acceptors (Lipinski definition) is 4. The number of ketones is 1. The Labute approximate surface area is 351 Å². The molecule has 5 nitrogen and oxygen atoms in total. The fraction of sp³-hybridized carbons (Fsp3) is 0.352. The molecule has 2 heterocycles. The highest BCUT2D eigenvalue weighted by molar-refractivity contribution is 6.27. The van der Waals surface area contributed by atoms with E-state index in [0.29, 0.717) is 16.7 Å². The number of hydrogen-bond donors (Lipinski definition) is 1. The molecule has 59 heavy (non-hydrogen) atoms. The lowest BCUT2D eigenvalue weighted by Crippen LogP contribution is -2.33. The molecule has 0 amide bonds. The van der Waals surface area contributed by atoms with Crippen molar-refractivity contribution < 1.29 is 9.37 Å². The van der Waals surface area contributed by atoms with Crippen molar-refractivity contribution in [2.45, 2.75) is 110 Å². The molecule has 5 heteroatoms. The molecule has 298 valence electrons. The van der Waals surface area contributed by atoms with Gasteiger partial charge >= 0.3 is 0 Å². The van der Waals surface area contributed by atoms with Crippen LogP contribution in [0.5, 0.6) is 0 Å². The minimum absolute atomic E-state index is 0.0842. The number of carbonyl (C=O) groups is 1. The van der Waals surface area contributed by atoms with Crippen molar-refractivity contribution in [3.8, 4) is 17.2 Å². The molecule has 2 aliphatic carbocycles. The Morgan fingerprint density at radius 1 is 0.780 bits per heavy atom. The lowest BCUT2D eigenvalue weighted by Gasteiger charge is -2.30. The summed E-state index contributed by atoms with van der Waals surface area (Å²) in [6, 6.07) is 33.4. The third-order valence-corrected chi connectivity index (χ3v) is 13.9. The predicted molar refractivity (Wildman–Crippen MR) is 242 cm³/mol. The van der Waals surface area contributed by atoms with Crippen LogP contribution in [0.25, 0.3) is 11.1 Å². The van der Waals surface area contributed by atoms with Gasteiger partial charge in [-0.15, -0.1) is 0 Å². The summed E-state index contributed by atoms with van der Waals surface area (Å²) in [6.07, 6.45) is 10.0. The third kappa shape index (κ3) is 6.23. The fourth-order valence-electron chi connectivity index (χ4n) is 10.4. The molecular weight excluding hydrogens is 721 g/mol. The third-order valence-electron chi connectivity index (χ3n) is 13.9. The lowest BCUT2D eigenvalue weighted by atomic mass is 9.73. The number of nitriles is 1. The molecule has 0 saturated carbocycles. The summed E-state index contributed by atoms with van der Waals surface area (Å²) in [7, 11) is 0. The van der Waals surface area contributed by atoms with Crippen LogP contribution in [0, 0.1) is 16.7 Å². The Balaban J connectivity index is 1.22. The van der Waals surface area contributed by atoms with Gasteiger partial charge in [-0.05, 0) is 96.5 Å². The summed E-state index contributed by atoms with van der Waals surface area (Å²) in [6.45, 7) is 19.6. The van der Waals surface area contributed by atoms with Gasteiger partial charge in [0.05, 0.1) is 5.41 Å². The van der Waals surface area contributed by atoms with E-state index in [9.17, 15) is 10.1 Å². The van der Waals surface area contributed by atoms with E-state index < -0.39 is 5.41 Å². The van der Waals surface area contributed by atoms with E-state index in [2.05, 4.69) is 162 Å². The van der Waals surface area contributed by atoms with E-state index in [1.165, 1.54) is 44.5 Å². The number of Topliss-reactive ketones (excluding diaryl/α,β-unsaturated/α-hetero) is 1. The Morgan fingerprint density at radius 3 is 2.02 bits per heavy atom. The first-order chi connectivity index (χ1) is 28.3. The highest BCUT2D eigenvalue weighted by Crippen LogP contribution is 2.53. The molecular formula is C54H57N4O+. The molecule has 0 spiro atoms. The van der Waals surface area contributed by atoms with Crippen molar-refractivity contribution >= 4 is 28.7 Å². The Bertz CT molecular complexity index is 2590. The van der Waals surface area contributed by atoms with Crippen LogP contribution in [0.1, 0.15) is 114 Å². The second-order valence-corrected chi connectivity index (χ2v) is 18.0. The van der Waals surface area contributed by atoms with Gasteiger partial charge in [0, 0.05) is 69.6 Å². The molecule has 0 bridgehead atoms. The summed E-state index contributed by atoms with van der Waals surface area (Å²) in [4.78, 5) is 17.0. The molecule has 0 aromatic heterocycles. The van der Waals surface area contributed by atoms with E-state index in [1.807, 2.05) is 12.2 Å². The van der Waals surface area contributed by atoms with E-state index in [-0.39, 0.29) is 22.2 Å². The first kappa shape index (κ1) is 40.0. The lowest BCUT2D eigenvalue weighted by molar-refractivity contribution is -0.438. The van der Waals surface area contributed by atoms with Gasteiger partial charge < -0.3 is 4.90 Å². The van der Waals surface area contributed by atoms with Crippen LogP contribution in [-0.2, 0) is 33.9 Å². The number of nitrogens with zero attached hydrogens (tertiary/aromatic N) is 3. The van der Waals surface area contributed by atoms with E-state index in [1.54, 1.807) is 0 Å². The van der Waals surface area contributed by atoms with Gasteiger partial charge in [0.15, 0.2) is 11.5 Å². The molecule has 0 unspecified atom stereocenters. The van der Waals surface area contributed by atoms with Crippen molar-refractivity contribution in [1.29, 1.82) is 10.7 Å². The van der Waals surface area contributed by atoms with Crippen molar-refractivity contribution in [3.63, 3.8) is 0 Å². The minimum atomic E-state index is -0.404. The van der Waals surface area contributed by atoms with Crippen molar-refractivity contribution in [2.75, 3.05) is 18.0 Å². The maximum absolute atomic E-state index is 14.6. The van der Waals surface area contributed by atoms with Crippen LogP contribution in [0.2, 0.25) is 0 Å². The van der Waals surface area contributed by atoms with Crippen molar-refractivity contribution in [3.05, 3.63) is 158 Å². The highest BCUT2D eigenvalue weighted by Gasteiger charge is 2.48. The number of carbonyl (C=O) groups excluding carboxylic acids is 1. The Kier molecular flexibility index (Phi) is 10.2. The zero-order valence-electron chi connectivity index (χ0n) is 36.1. The summed E-state index contributed by atoms with van der Waals surface area (Å²) in [5.41, 5.74) is 15.8. The topological polar surface area (TPSA) is 71.0 Å². The van der Waals surface area contributed by atoms with Gasteiger partial charge in [-0.25, -0.2) is 0 Å². The molecule has 2 aliphatic heterocycles. The average Bonchev–Trinajstić information content (AvgIpc) is 3.72. The Morgan fingerprint density at radius 2 is 1.41 bits per heavy atom. The van der Waals surface area contributed by atoms with Gasteiger partial charge in [-0.2, -0.15) is 9.84 Å².